The standard InChI is InChI=1S/C16H18ClNO2S/c1-16(2,3)13-9-21-14(18-13)8-11(15(19)20)10-6-4-5-7-12(10)17/h4-7,9,11H,8H2,1-3H3,(H,19,20). The van der Waals surface area contributed by atoms with Crippen molar-refractivity contribution in [3.63, 3.8) is 0 Å². The number of aromatic nitrogens is 1. The lowest BCUT2D eigenvalue weighted by Gasteiger charge is -2.15. The molecular formula is C16H18ClNO2S. The summed E-state index contributed by atoms with van der Waals surface area (Å²) < 4.78 is 0. The first kappa shape index (κ1) is 16.0. The second-order valence-corrected chi connectivity index (χ2v) is 7.34. The monoisotopic (exact) mass is 323 g/mol. The molecule has 112 valence electrons. The first-order valence-electron chi connectivity index (χ1n) is 6.71. The van der Waals surface area contributed by atoms with Crippen LogP contribution in [0.1, 0.15) is 43.0 Å². The number of carbonyl (C=O) groups is 1. The van der Waals surface area contributed by atoms with Crippen LogP contribution in [0.5, 0.6) is 0 Å². The SMILES string of the molecule is CC(C)(C)c1csc(CC(C(=O)O)c2ccccc2Cl)n1. The Labute approximate surface area is 133 Å². The lowest BCUT2D eigenvalue weighted by molar-refractivity contribution is -0.138. The van der Waals surface area contributed by atoms with Gasteiger partial charge in [-0.2, -0.15) is 0 Å². The molecule has 2 aromatic rings. The summed E-state index contributed by atoms with van der Waals surface area (Å²) in [5, 5.41) is 12.8. The van der Waals surface area contributed by atoms with Gasteiger partial charge in [0.05, 0.1) is 16.6 Å². The fraction of sp³-hybridized carbons (Fsp3) is 0.375. The third-order valence-corrected chi connectivity index (χ3v) is 4.49. The highest BCUT2D eigenvalue weighted by atomic mass is 35.5. The normalized spacial score (nSPS) is 13.1. The molecule has 1 aromatic heterocycles. The number of carboxylic acid groups (broad SMARTS) is 1. The number of rotatable bonds is 4. The highest BCUT2D eigenvalue weighted by Crippen LogP contribution is 2.30. The van der Waals surface area contributed by atoms with Crippen molar-refractivity contribution in [2.75, 3.05) is 0 Å². The van der Waals surface area contributed by atoms with E-state index in [1.54, 1.807) is 24.3 Å². The molecule has 0 saturated carbocycles. The Morgan fingerprint density at radius 1 is 1.38 bits per heavy atom. The molecule has 3 nitrogen and oxygen atoms in total. The van der Waals surface area contributed by atoms with Crippen molar-refractivity contribution in [3.8, 4) is 0 Å². The van der Waals surface area contributed by atoms with Crippen LogP contribution in [0.2, 0.25) is 5.02 Å². The molecule has 1 N–H and O–H groups in total. The second-order valence-electron chi connectivity index (χ2n) is 5.99. The predicted molar refractivity (Wildman–Crippen MR) is 86.3 cm³/mol. The number of halogens is 1. The van der Waals surface area contributed by atoms with Gasteiger partial charge in [0.1, 0.15) is 0 Å². The summed E-state index contributed by atoms with van der Waals surface area (Å²) in [7, 11) is 0. The summed E-state index contributed by atoms with van der Waals surface area (Å²) in [6.45, 7) is 6.28. The molecule has 0 aliphatic heterocycles. The van der Waals surface area contributed by atoms with Crippen molar-refractivity contribution in [3.05, 3.63) is 50.9 Å². The molecule has 0 radical (unpaired) electrons. The maximum Gasteiger partial charge on any atom is 0.311 e. The van der Waals surface area contributed by atoms with Crippen LogP contribution >= 0.6 is 22.9 Å². The van der Waals surface area contributed by atoms with Gasteiger partial charge in [0, 0.05) is 22.2 Å². The van der Waals surface area contributed by atoms with Gasteiger partial charge in [0.2, 0.25) is 0 Å². The Balaban J connectivity index is 2.28. The lowest BCUT2D eigenvalue weighted by atomic mass is 9.93. The number of benzene rings is 1. The smallest absolute Gasteiger partial charge is 0.311 e. The van der Waals surface area contributed by atoms with Gasteiger partial charge in [0.25, 0.3) is 0 Å². The molecule has 0 amide bonds. The van der Waals surface area contributed by atoms with E-state index in [1.807, 2.05) is 5.38 Å². The fourth-order valence-corrected chi connectivity index (χ4v) is 3.35. The highest BCUT2D eigenvalue weighted by Gasteiger charge is 2.25. The average Bonchev–Trinajstić information content (AvgIpc) is 2.85. The van der Waals surface area contributed by atoms with Crippen LogP contribution in [-0.2, 0) is 16.6 Å². The lowest BCUT2D eigenvalue weighted by Crippen LogP contribution is -2.16. The summed E-state index contributed by atoms with van der Waals surface area (Å²) in [6, 6.07) is 7.08. The summed E-state index contributed by atoms with van der Waals surface area (Å²) in [5.41, 5.74) is 1.60. The van der Waals surface area contributed by atoms with E-state index in [9.17, 15) is 9.90 Å². The number of hydrogen-bond acceptors (Lipinski definition) is 3. The Morgan fingerprint density at radius 3 is 2.57 bits per heavy atom. The predicted octanol–water partition coefficient (Wildman–Crippen LogP) is 4.50. The number of hydrogen-bond donors (Lipinski definition) is 1. The third kappa shape index (κ3) is 3.83. The zero-order chi connectivity index (χ0) is 15.6. The van der Waals surface area contributed by atoms with Crippen LogP contribution in [0.25, 0.3) is 0 Å². The van der Waals surface area contributed by atoms with Gasteiger partial charge < -0.3 is 5.11 Å². The van der Waals surface area contributed by atoms with Crippen molar-refractivity contribution in [2.45, 2.75) is 38.5 Å². The maximum atomic E-state index is 11.6. The van der Waals surface area contributed by atoms with Crippen LogP contribution in [0.3, 0.4) is 0 Å². The molecule has 0 bridgehead atoms. The van der Waals surface area contributed by atoms with Gasteiger partial charge in [0.15, 0.2) is 0 Å². The van der Waals surface area contributed by atoms with Crippen LogP contribution in [0.4, 0.5) is 0 Å². The molecular weight excluding hydrogens is 306 g/mol. The minimum atomic E-state index is -0.879. The van der Waals surface area contributed by atoms with E-state index in [-0.39, 0.29) is 5.41 Å². The van der Waals surface area contributed by atoms with E-state index < -0.39 is 11.9 Å². The Bertz CT molecular complexity index is 646. The molecule has 1 unspecified atom stereocenters. The van der Waals surface area contributed by atoms with Gasteiger partial charge >= 0.3 is 5.97 Å². The minimum absolute atomic E-state index is 0.0299. The van der Waals surface area contributed by atoms with Gasteiger partial charge in [-0.15, -0.1) is 11.3 Å². The van der Waals surface area contributed by atoms with E-state index in [0.717, 1.165) is 10.7 Å². The molecule has 1 heterocycles. The van der Waals surface area contributed by atoms with Crippen molar-refractivity contribution in [1.29, 1.82) is 0 Å². The summed E-state index contributed by atoms with van der Waals surface area (Å²) in [5.74, 6) is -1.55. The highest BCUT2D eigenvalue weighted by molar-refractivity contribution is 7.09. The number of aliphatic carboxylic acids is 1. The summed E-state index contributed by atoms with van der Waals surface area (Å²) in [6.07, 6.45) is 0.361. The van der Waals surface area contributed by atoms with E-state index in [1.165, 1.54) is 11.3 Å². The summed E-state index contributed by atoms with van der Waals surface area (Å²) >= 11 is 7.63. The maximum absolute atomic E-state index is 11.6. The van der Waals surface area contributed by atoms with Gasteiger partial charge in [-0.25, -0.2) is 4.98 Å². The number of thiazole rings is 1. The largest absolute Gasteiger partial charge is 0.481 e. The molecule has 1 atom stereocenters. The van der Waals surface area contributed by atoms with E-state index in [2.05, 4.69) is 25.8 Å². The van der Waals surface area contributed by atoms with Gasteiger partial charge in [-0.3, -0.25) is 4.79 Å². The van der Waals surface area contributed by atoms with Gasteiger partial charge in [-0.05, 0) is 11.6 Å². The van der Waals surface area contributed by atoms with Gasteiger partial charge in [-0.1, -0.05) is 50.6 Å². The van der Waals surface area contributed by atoms with Crippen LogP contribution < -0.4 is 0 Å². The number of carboxylic acids is 1. The van der Waals surface area contributed by atoms with E-state index >= 15 is 0 Å². The van der Waals surface area contributed by atoms with E-state index in [4.69, 9.17) is 11.6 Å². The first-order chi connectivity index (χ1) is 9.79. The Hall–Kier alpha value is -1.39. The topological polar surface area (TPSA) is 50.2 Å². The second kappa shape index (κ2) is 6.16. The van der Waals surface area contributed by atoms with Crippen molar-refractivity contribution in [1.82, 2.24) is 4.98 Å². The first-order valence-corrected chi connectivity index (χ1v) is 7.97. The van der Waals surface area contributed by atoms with Crippen molar-refractivity contribution < 1.29 is 9.90 Å². The molecule has 0 saturated heterocycles. The van der Waals surface area contributed by atoms with Crippen molar-refractivity contribution >= 4 is 28.9 Å². The average molecular weight is 324 g/mol. The quantitative estimate of drug-likeness (QED) is 0.901. The third-order valence-electron chi connectivity index (χ3n) is 3.28. The molecule has 5 heteroatoms. The molecule has 0 spiro atoms. The minimum Gasteiger partial charge on any atom is -0.481 e. The molecule has 1 aromatic carbocycles. The van der Waals surface area contributed by atoms with Crippen LogP contribution in [0, 0.1) is 0 Å². The summed E-state index contributed by atoms with van der Waals surface area (Å²) in [4.78, 5) is 16.1. The Kier molecular flexibility index (Phi) is 4.69. The van der Waals surface area contributed by atoms with E-state index in [0.29, 0.717) is 17.0 Å². The fourth-order valence-electron chi connectivity index (χ4n) is 2.01. The van der Waals surface area contributed by atoms with Crippen LogP contribution in [-0.4, -0.2) is 16.1 Å². The van der Waals surface area contributed by atoms with Crippen molar-refractivity contribution in [2.24, 2.45) is 0 Å². The molecule has 0 fully saturated rings. The molecule has 21 heavy (non-hydrogen) atoms. The zero-order valence-corrected chi connectivity index (χ0v) is 13.8. The zero-order valence-electron chi connectivity index (χ0n) is 12.3. The molecule has 2 rings (SSSR count). The molecule has 0 aliphatic rings. The Morgan fingerprint density at radius 2 is 2.05 bits per heavy atom. The van der Waals surface area contributed by atoms with Crippen LogP contribution in [0.15, 0.2) is 29.6 Å². The molecule has 0 aliphatic carbocycles. The number of nitrogens with zero attached hydrogens (tertiary/aromatic N) is 1.